The summed E-state index contributed by atoms with van der Waals surface area (Å²) in [5, 5.41) is 0. The van der Waals surface area contributed by atoms with Gasteiger partial charge in [-0.15, -0.1) is 0 Å². The number of hydrogen-bond acceptors (Lipinski definition) is 1. The zero-order valence-electron chi connectivity index (χ0n) is 13.0. The third-order valence-electron chi connectivity index (χ3n) is 4.24. The summed E-state index contributed by atoms with van der Waals surface area (Å²) in [5.41, 5.74) is 1.70. The smallest absolute Gasteiger partial charge is 0.0349 e. The van der Waals surface area contributed by atoms with Crippen LogP contribution in [0.4, 0.5) is 0 Å². The monoisotopic (exact) mass is 267 g/mol. The summed E-state index contributed by atoms with van der Waals surface area (Å²) < 4.78 is 0. The van der Waals surface area contributed by atoms with E-state index in [2.05, 4.69) is 37.9 Å². The van der Waals surface area contributed by atoms with E-state index in [-0.39, 0.29) is 0 Å². The lowest BCUT2D eigenvalue weighted by Crippen LogP contribution is -2.36. The highest BCUT2D eigenvalue weighted by Gasteiger charge is 2.18. The fourth-order valence-corrected chi connectivity index (χ4v) is 4.59. The number of nitrogens with zero attached hydrogens (tertiary/aromatic N) is 1. The van der Waals surface area contributed by atoms with Crippen molar-refractivity contribution in [3.8, 4) is 0 Å². The van der Waals surface area contributed by atoms with Crippen LogP contribution in [-0.4, -0.2) is 32.8 Å². The van der Waals surface area contributed by atoms with Crippen LogP contribution in [0.2, 0.25) is 19.1 Å². The lowest BCUT2D eigenvalue weighted by molar-refractivity contribution is 0.228. The van der Waals surface area contributed by atoms with Gasteiger partial charge in [0.1, 0.15) is 0 Å². The van der Waals surface area contributed by atoms with Gasteiger partial charge >= 0.3 is 0 Å². The topological polar surface area (TPSA) is 3.24 Å². The molecule has 1 fully saturated rings. The van der Waals surface area contributed by atoms with Crippen LogP contribution in [0.1, 0.15) is 52.4 Å². The zero-order valence-corrected chi connectivity index (χ0v) is 14.2. The van der Waals surface area contributed by atoms with Crippen molar-refractivity contribution in [2.45, 2.75) is 77.6 Å². The molecular formula is C16H33NSi. The summed E-state index contributed by atoms with van der Waals surface area (Å²) in [6.45, 7) is 12.2. The van der Waals surface area contributed by atoms with Gasteiger partial charge in [-0.3, -0.25) is 4.90 Å². The third kappa shape index (κ3) is 5.70. The molecule has 1 rings (SSSR count). The van der Waals surface area contributed by atoms with Crippen LogP contribution in [0.5, 0.6) is 0 Å². The molecular weight excluding hydrogens is 234 g/mol. The fraction of sp³-hybridized carbons (Fsp3) is 0.875. The Labute approximate surface area is 116 Å². The molecule has 1 unspecified atom stereocenters. The summed E-state index contributed by atoms with van der Waals surface area (Å²) in [6.07, 6.45) is 11.0. The maximum absolute atomic E-state index is 2.75. The minimum absolute atomic E-state index is 0.480. The van der Waals surface area contributed by atoms with Crippen molar-refractivity contribution in [2.24, 2.45) is 0 Å². The van der Waals surface area contributed by atoms with E-state index in [1.807, 2.05) is 0 Å². The van der Waals surface area contributed by atoms with Crippen LogP contribution < -0.4 is 0 Å². The van der Waals surface area contributed by atoms with E-state index in [0.29, 0.717) is 6.04 Å². The van der Waals surface area contributed by atoms with E-state index in [4.69, 9.17) is 0 Å². The van der Waals surface area contributed by atoms with Crippen LogP contribution in [0, 0.1) is 0 Å². The van der Waals surface area contributed by atoms with Gasteiger partial charge in [0.05, 0.1) is 0 Å². The maximum Gasteiger partial charge on any atom is 0.0349 e. The van der Waals surface area contributed by atoms with Gasteiger partial charge in [0.2, 0.25) is 0 Å². The predicted octanol–water partition coefficient (Wildman–Crippen LogP) is 4.46. The predicted molar refractivity (Wildman–Crippen MR) is 86.2 cm³/mol. The van der Waals surface area contributed by atoms with E-state index in [0.717, 1.165) is 0 Å². The molecule has 1 aliphatic rings. The molecule has 0 aliphatic carbocycles. The average molecular weight is 268 g/mol. The molecule has 0 N–H and O–H groups in total. The van der Waals surface area contributed by atoms with Crippen LogP contribution in [0.15, 0.2) is 11.6 Å². The molecule has 1 saturated heterocycles. The molecule has 0 saturated carbocycles. The Bertz CT molecular complexity index is 237. The highest BCUT2D eigenvalue weighted by molar-refractivity contribution is 6.56. The summed E-state index contributed by atoms with van der Waals surface area (Å²) in [4.78, 5) is 2.75. The molecule has 0 aromatic carbocycles. The average Bonchev–Trinajstić information content (AvgIpc) is 2.48. The summed E-state index contributed by atoms with van der Waals surface area (Å²) in [6, 6.07) is 2.08. The van der Waals surface area contributed by atoms with Gasteiger partial charge < -0.3 is 0 Å². The molecule has 0 aromatic rings. The molecule has 0 radical (unpaired) electrons. The zero-order chi connectivity index (χ0) is 13.4. The van der Waals surface area contributed by atoms with Crippen molar-refractivity contribution in [3.05, 3.63) is 11.6 Å². The summed E-state index contributed by atoms with van der Waals surface area (Å²) in [5.74, 6) is 0. The first kappa shape index (κ1) is 16.0. The molecule has 106 valence electrons. The standard InChI is InChI=1S/C16H33NSi/c1-5-16(14-18(3)4)15(2)17-12-10-8-6-7-9-11-13-17/h5,15,18H,6-14H2,1-4H3. The third-order valence-corrected chi connectivity index (χ3v) is 5.53. The van der Waals surface area contributed by atoms with Crippen molar-refractivity contribution in [1.82, 2.24) is 4.90 Å². The van der Waals surface area contributed by atoms with Gasteiger partial charge in [-0.25, -0.2) is 0 Å². The van der Waals surface area contributed by atoms with E-state index in [1.165, 1.54) is 57.7 Å². The lowest BCUT2D eigenvalue weighted by atomic mass is 10.1. The van der Waals surface area contributed by atoms with Gasteiger partial charge in [0.15, 0.2) is 0 Å². The van der Waals surface area contributed by atoms with Crippen LogP contribution in [0.3, 0.4) is 0 Å². The van der Waals surface area contributed by atoms with E-state index >= 15 is 0 Å². The molecule has 0 bridgehead atoms. The largest absolute Gasteiger partial charge is 0.297 e. The van der Waals surface area contributed by atoms with Gasteiger partial charge in [0, 0.05) is 14.8 Å². The van der Waals surface area contributed by atoms with E-state index in [1.54, 1.807) is 5.57 Å². The van der Waals surface area contributed by atoms with Crippen molar-refractivity contribution in [3.63, 3.8) is 0 Å². The Morgan fingerprint density at radius 3 is 2.00 bits per heavy atom. The second kappa shape index (κ2) is 8.92. The Balaban J connectivity index is 2.57. The van der Waals surface area contributed by atoms with E-state index in [9.17, 15) is 0 Å². The Morgan fingerprint density at radius 1 is 1.06 bits per heavy atom. The molecule has 0 amide bonds. The van der Waals surface area contributed by atoms with Crippen LogP contribution >= 0.6 is 0 Å². The molecule has 1 aliphatic heterocycles. The van der Waals surface area contributed by atoms with Gasteiger partial charge in [-0.05, 0) is 45.8 Å². The summed E-state index contributed by atoms with van der Waals surface area (Å²) in [7, 11) is -0.480. The number of allylic oxidation sites excluding steroid dienone is 1. The van der Waals surface area contributed by atoms with Gasteiger partial charge in [-0.1, -0.05) is 50.4 Å². The second-order valence-electron chi connectivity index (χ2n) is 6.29. The Morgan fingerprint density at radius 2 is 1.56 bits per heavy atom. The van der Waals surface area contributed by atoms with E-state index < -0.39 is 8.80 Å². The maximum atomic E-state index is 2.75. The number of hydrogen-bond donors (Lipinski definition) is 0. The minimum atomic E-state index is -0.480. The van der Waals surface area contributed by atoms with Crippen molar-refractivity contribution in [2.75, 3.05) is 13.1 Å². The van der Waals surface area contributed by atoms with Crippen molar-refractivity contribution < 1.29 is 0 Å². The number of rotatable bonds is 4. The summed E-state index contributed by atoms with van der Waals surface area (Å²) >= 11 is 0. The molecule has 2 heteroatoms. The molecule has 0 aromatic heterocycles. The van der Waals surface area contributed by atoms with Crippen LogP contribution in [-0.2, 0) is 0 Å². The van der Waals surface area contributed by atoms with Crippen LogP contribution in [0.25, 0.3) is 0 Å². The Kier molecular flexibility index (Phi) is 7.92. The first-order valence-corrected chi connectivity index (χ1v) is 11.2. The first-order chi connectivity index (χ1) is 8.65. The molecule has 1 heterocycles. The fourth-order valence-electron chi connectivity index (χ4n) is 3.07. The Hall–Kier alpha value is -0.0831. The van der Waals surface area contributed by atoms with Crippen molar-refractivity contribution in [1.29, 1.82) is 0 Å². The highest BCUT2D eigenvalue weighted by Crippen LogP contribution is 2.20. The molecule has 1 atom stereocenters. The quantitative estimate of drug-likeness (QED) is 0.537. The lowest BCUT2D eigenvalue weighted by Gasteiger charge is -2.31. The van der Waals surface area contributed by atoms with Gasteiger partial charge in [0.25, 0.3) is 0 Å². The minimum Gasteiger partial charge on any atom is -0.297 e. The molecule has 18 heavy (non-hydrogen) atoms. The van der Waals surface area contributed by atoms with Gasteiger partial charge in [-0.2, -0.15) is 0 Å². The van der Waals surface area contributed by atoms with Crippen molar-refractivity contribution >= 4 is 8.80 Å². The molecule has 1 nitrogen and oxygen atoms in total. The highest BCUT2D eigenvalue weighted by atomic mass is 28.3. The SMILES string of the molecule is CC=C(C[SiH](C)C)C(C)N1CCCCCCCC1. The first-order valence-electron chi connectivity index (χ1n) is 8.04. The normalized spacial score (nSPS) is 22.4. The molecule has 0 spiro atoms. The second-order valence-corrected chi connectivity index (χ2v) is 9.49.